The van der Waals surface area contributed by atoms with Gasteiger partial charge in [-0.15, -0.1) is 0 Å². The number of esters is 1. The number of Topliss-reactive ketones (excluding diaryl/α,β-unsaturated/α-hetero) is 1. The van der Waals surface area contributed by atoms with E-state index in [-0.39, 0.29) is 12.4 Å². The Morgan fingerprint density at radius 3 is 3.00 bits per heavy atom. The van der Waals surface area contributed by atoms with Crippen molar-refractivity contribution in [2.45, 2.75) is 12.7 Å². The molecule has 1 aliphatic rings. The molecular formula is C11H9IO4. The van der Waals surface area contributed by atoms with Crippen LogP contribution in [-0.2, 0) is 20.9 Å². The van der Waals surface area contributed by atoms with Crippen molar-refractivity contribution in [1.82, 2.24) is 0 Å². The monoisotopic (exact) mass is 332 g/mol. The second kappa shape index (κ2) is 4.50. The van der Waals surface area contributed by atoms with Gasteiger partial charge in [0.1, 0.15) is 0 Å². The van der Waals surface area contributed by atoms with Crippen LogP contribution in [0.3, 0.4) is 0 Å². The summed E-state index contributed by atoms with van der Waals surface area (Å²) in [6, 6.07) is 5.49. The topological polar surface area (TPSA) is 52.6 Å². The summed E-state index contributed by atoms with van der Waals surface area (Å²) in [6.45, 7) is 0.262. The molecule has 1 aliphatic heterocycles. The number of benzene rings is 1. The van der Waals surface area contributed by atoms with Gasteiger partial charge in [-0.2, -0.15) is 0 Å². The first-order chi connectivity index (χ1) is 7.63. The van der Waals surface area contributed by atoms with Gasteiger partial charge >= 0.3 is 5.97 Å². The lowest BCUT2D eigenvalue weighted by atomic mass is 9.98. The minimum atomic E-state index is -1.12. The van der Waals surface area contributed by atoms with Crippen molar-refractivity contribution < 1.29 is 19.1 Å². The average molecular weight is 332 g/mol. The third kappa shape index (κ3) is 1.97. The summed E-state index contributed by atoms with van der Waals surface area (Å²) in [5.74, 6) is -0.971. The van der Waals surface area contributed by atoms with E-state index in [1.807, 2.05) is 12.1 Å². The van der Waals surface area contributed by atoms with Crippen LogP contribution in [0.4, 0.5) is 0 Å². The molecule has 1 aromatic carbocycles. The van der Waals surface area contributed by atoms with E-state index in [0.29, 0.717) is 5.56 Å². The lowest BCUT2D eigenvalue weighted by molar-refractivity contribution is -0.151. The number of halogens is 1. The van der Waals surface area contributed by atoms with E-state index in [9.17, 15) is 9.59 Å². The molecule has 0 saturated heterocycles. The number of hydrogen-bond donors (Lipinski definition) is 0. The predicted octanol–water partition coefficient (Wildman–Crippen LogP) is 1.55. The third-order valence-corrected chi connectivity index (χ3v) is 3.07. The van der Waals surface area contributed by atoms with Crippen LogP contribution in [0.1, 0.15) is 15.9 Å². The minimum Gasteiger partial charge on any atom is -0.467 e. The Labute approximate surface area is 106 Å². The molecule has 4 nitrogen and oxygen atoms in total. The number of rotatable bonds is 1. The highest BCUT2D eigenvalue weighted by atomic mass is 127. The molecule has 0 aliphatic carbocycles. The minimum absolute atomic E-state index is 0.262. The summed E-state index contributed by atoms with van der Waals surface area (Å²) in [5, 5.41) is 0. The number of ketones is 1. The number of methoxy groups -OCH3 is 1. The van der Waals surface area contributed by atoms with Crippen molar-refractivity contribution in [1.29, 1.82) is 0 Å². The van der Waals surface area contributed by atoms with Gasteiger partial charge in [-0.1, -0.05) is 6.07 Å². The molecule has 1 unspecified atom stereocenters. The van der Waals surface area contributed by atoms with E-state index < -0.39 is 12.1 Å². The van der Waals surface area contributed by atoms with Crippen LogP contribution in [-0.4, -0.2) is 25.0 Å². The van der Waals surface area contributed by atoms with Crippen LogP contribution in [0.15, 0.2) is 18.2 Å². The quantitative estimate of drug-likeness (QED) is 0.445. The highest BCUT2D eigenvalue weighted by Gasteiger charge is 2.34. The second-order valence-electron chi connectivity index (χ2n) is 3.38. The Bertz CT molecular complexity index is 455. The van der Waals surface area contributed by atoms with E-state index in [0.717, 1.165) is 9.13 Å². The highest BCUT2D eigenvalue weighted by molar-refractivity contribution is 14.1. The molecule has 0 bridgehead atoms. The van der Waals surface area contributed by atoms with Gasteiger partial charge < -0.3 is 9.47 Å². The SMILES string of the molecule is COC(=O)C1OCc2ccc(I)cc2C1=O. The van der Waals surface area contributed by atoms with E-state index in [1.165, 1.54) is 7.11 Å². The van der Waals surface area contributed by atoms with Crippen molar-refractivity contribution >= 4 is 34.3 Å². The van der Waals surface area contributed by atoms with Crippen LogP contribution in [0.2, 0.25) is 0 Å². The molecule has 5 heteroatoms. The summed E-state index contributed by atoms with van der Waals surface area (Å²) < 4.78 is 10.7. The fourth-order valence-electron chi connectivity index (χ4n) is 1.58. The molecule has 0 saturated carbocycles. The molecular weight excluding hydrogens is 323 g/mol. The highest BCUT2D eigenvalue weighted by Crippen LogP contribution is 2.23. The van der Waals surface area contributed by atoms with Crippen molar-refractivity contribution in [3.05, 3.63) is 32.9 Å². The summed E-state index contributed by atoms with van der Waals surface area (Å²) in [7, 11) is 1.24. The van der Waals surface area contributed by atoms with Gasteiger partial charge in [-0.05, 0) is 40.3 Å². The van der Waals surface area contributed by atoms with Gasteiger partial charge in [-0.3, -0.25) is 4.79 Å². The van der Waals surface area contributed by atoms with Gasteiger partial charge in [0.25, 0.3) is 0 Å². The zero-order valence-electron chi connectivity index (χ0n) is 8.53. The molecule has 0 radical (unpaired) electrons. The lowest BCUT2D eigenvalue weighted by Gasteiger charge is -2.22. The van der Waals surface area contributed by atoms with Crippen molar-refractivity contribution in [2.24, 2.45) is 0 Å². The number of hydrogen-bond acceptors (Lipinski definition) is 4. The second-order valence-corrected chi connectivity index (χ2v) is 4.63. The molecule has 1 atom stereocenters. The van der Waals surface area contributed by atoms with Crippen LogP contribution in [0.5, 0.6) is 0 Å². The molecule has 84 valence electrons. The Balaban J connectivity index is 2.38. The smallest absolute Gasteiger partial charge is 0.343 e. The molecule has 0 amide bonds. The Hall–Kier alpha value is -0.950. The number of carbonyl (C=O) groups excluding carboxylic acids is 2. The Morgan fingerprint density at radius 1 is 1.56 bits per heavy atom. The molecule has 1 aromatic rings. The normalized spacial score (nSPS) is 19.1. The Kier molecular flexibility index (Phi) is 3.25. The fourth-order valence-corrected chi connectivity index (χ4v) is 2.07. The third-order valence-electron chi connectivity index (χ3n) is 2.40. The van der Waals surface area contributed by atoms with E-state index in [2.05, 4.69) is 27.3 Å². The maximum absolute atomic E-state index is 11.9. The van der Waals surface area contributed by atoms with E-state index in [4.69, 9.17) is 4.74 Å². The van der Waals surface area contributed by atoms with Crippen LogP contribution < -0.4 is 0 Å². The maximum Gasteiger partial charge on any atom is 0.343 e. The summed E-state index contributed by atoms with van der Waals surface area (Å²) in [4.78, 5) is 23.2. The summed E-state index contributed by atoms with van der Waals surface area (Å²) >= 11 is 2.12. The average Bonchev–Trinajstić information content (AvgIpc) is 2.29. The van der Waals surface area contributed by atoms with Crippen LogP contribution in [0, 0.1) is 3.57 Å². The van der Waals surface area contributed by atoms with Gasteiger partial charge in [0, 0.05) is 9.13 Å². The maximum atomic E-state index is 11.9. The zero-order valence-corrected chi connectivity index (χ0v) is 10.7. The first-order valence-electron chi connectivity index (χ1n) is 4.65. The van der Waals surface area contributed by atoms with Gasteiger partial charge in [0.05, 0.1) is 13.7 Å². The van der Waals surface area contributed by atoms with Crippen molar-refractivity contribution in [2.75, 3.05) is 7.11 Å². The summed E-state index contributed by atoms with van der Waals surface area (Å²) in [6.07, 6.45) is -1.12. The van der Waals surface area contributed by atoms with Gasteiger partial charge in [0.15, 0.2) is 0 Å². The zero-order chi connectivity index (χ0) is 11.7. The largest absolute Gasteiger partial charge is 0.467 e. The van der Waals surface area contributed by atoms with E-state index in [1.54, 1.807) is 6.07 Å². The molecule has 0 N–H and O–H groups in total. The number of fused-ring (bicyclic) bond motifs is 1. The van der Waals surface area contributed by atoms with E-state index >= 15 is 0 Å². The first-order valence-corrected chi connectivity index (χ1v) is 5.73. The number of ether oxygens (including phenoxy) is 2. The predicted molar refractivity (Wildman–Crippen MR) is 64.1 cm³/mol. The van der Waals surface area contributed by atoms with Crippen LogP contribution in [0.25, 0.3) is 0 Å². The Morgan fingerprint density at radius 2 is 2.31 bits per heavy atom. The van der Waals surface area contributed by atoms with Crippen molar-refractivity contribution in [3.63, 3.8) is 0 Å². The molecule has 0 fully saturated rings. The molecule has 0 aromatic heterocycles. The fraction of sp³-hybridized carbons (Fsp3) is 0.273. The molecule has 1 heterocycles. The van der Waals surface area contributed by atoms with Gasteiger partial charge in [0.2, 0.25) is 11.9 Å². The van der Waals surface area contributed by atoms with Crippen molar-refractivity contribution in [3.8, 4) is 0 Å². The lowest BCUT2D eigenvalue weighted by Crippen LogP contribution is -2.37. The van der Waals surface area contributed by atoms with Crippen LogP contribution >= 0.6 is 22.6 Å². The molecule has 0 spiro atoms. The first kappa shape index (κ1) is 11.5. The number of carbonyl (C=O) groups is 2. The molecule has 16 heavy (non-hydrogen) atoms. The van der Waals surface area contributed by atoms with Gasteiger partial charge in [-0.25, -0.2) is 4.79 Å². The summed E-state index contributed by atoms with van der Waals surface area (Å²) in [5.41, 5.74) is 1.36. The molecule has 2 rings (SSSR count). The standard InChI is InChI=1S/C11H9IO4/c1-15-11(14)10-9(13)8-4-7(12)3-2-6(8)5-16-10/h2-4,10H,5H2,1H3.